The predicted octanol–water partition coefficient (Wildman–Crippen LogP) is 4.42. The van der Waals surface area contributed by atoms with Crippen LogP contribution in [0.4, 0.5) is 5.69 Å². The molecule has 1 N–H and O–H groups in total. The molecule has 0 atom stereocenters. The quantitative estimate of drug-likeness (QED) is 0.635. The summed E-state index contributed by atoms with van der Waals surface area (Å²) < 4.78 is 28.7. The Morgan fingerprint density at radius 1 is 1.00 bits per heavy atom. The summed E-state index contributed by atoms with van der Waals surface area (Å²) in [6.07, 6.45) is 3.88. The number of sulfonamides is 1. The maximum atomic E-state index is 13.0. The molecule has 2 aromatic carbocycles. The van der Waals surface area contributed by atoms with Crippen molar-refractivity contribution in [3.8, 4) is 0 Å². The van der Waals surface area contributed by atoms with E-state index < -0.39 is 10.0 Å². The minimum atomic E-state index is -3.58. The van der Waals surface area contributed by atoms with Crippen molar-refractivity contribution in [1.29, 1.82) is 0 Å². The second-order valence-electron chi connectivity index (χ2n) is 6.76. The average molecular weight is 498 g/mol. The second-order valence-corrected chi connectivity index (χ2v) is 9.94. The van der Waals surface area contributed by atoms with E-state index in [0.29, 0.717) is 24.3 Å². The van der Waals surface area contributed by atoms with Gasteiger partial charge < -0.3 is 5.32 Å². The minimum absolute atomic E-state index is 0.183. The first-order valence-electron chi connectivity index (χ1n) is 9.05. The maximum Gasteiger partial charge on any atom is 0.255 e. The first-order chi connectivity index (χ1) is 12.9. The molecule has 27 heavy (non-hydrogen) atoms. The number of rotatable bonds is 4. The highest BCUT2D eigenvalue weighted by molar-refractivity contribution is 14.1. The summed E-state index contributed by atoms with van der Waals surface area (Å²) in [6, 6.07) is 12.3. The summed E-state index contributed by atoms with van der Waals surface area (Å²) in [5, 5.41) is 2.84. The van der Waals surface area contributed by atoms with Crippen LogP contribution in [0.25, 0.3) is 0 Å². The van der Waals surface area contributed by atoms with Gasteiger partial charge in [-0.05, 0) is 84.3 Å². The predicted molar refractivity (Wildman–Crippen MR) is 116 cm³/mol. The molecule has 3 rings (SSSR count). The highest BCUT2D eigenvalue weighted by Gasteiger charge is 2.26. The highest BCUT2D eigenvalue weighted by atomic mass is 127. The van der Waals surface area contributed by atoms with E-state index in [4.69, 9.17) is 0 Å². The van der Waals surface area contributed by atoms with E-state index in [1.807, 2.05) is 31.2 Å². The monoisotopic (exact) mass is 498 g/mol. The molecule has 0 saturated carbocycles. The van der Waals surface area contributed by atoms with Crippen molar-refractivity contribution in [2.24, 2.45) is 0 Å². The second kappa shape index (κ2) is 8.70. The molecule has 2 aromatic rings. The smallest absolute Gasteiger partial charge is 0.255 e. The molecular weight excluding hydrogens is 475 g/mol. The fourth-order valence-corrected chi connectivity index (χ4v) is 5.07. The van der Waals surface area contributed by atoms with E-state index in [0.717, 1.165) is 34.8 Å². The fourth-order valence-electron chi connectivity index (χ4n) is 3.17. The Balaban J connectivity index is 1.86. The van der Waals surface area contributed by atoms with Crippen LogP contribution in [0.1, 0.15) is 41.6 Å². The minimum Gasteiger partial charge on any atom is -0.322 e. The topological polar surface area (TPSA) is 66.5 Å². The Bertz CT molecular complexity index is 919. The van der Waals surface area contributed by atoms with E-state index in [9.17, 15) is 13.2 Å². The number of halogens is 1. The Morgan fingerprint density at radius 2 is 1.63 bits per heavy atom. The van der Waals surface area contributed by atoms with Crippen molar-refractivity contribution in [2.75, 3.05) is 18.4 Å². The van der Waals surface area contributed by atoms with Crippen LogP contribution >= 0.6 is 22.6 Å². The summed E-state index contributed by atoms with van der Waals surface area (Å²) in [7, 11) is -3.58. The number of hydrogen-bond acceptors (Lipinski definition) is 3. The molecule has 0 aromatic heterocycles. The molecule has 0 radical (unpaired) electrons. The molecule has 1 aliphatic heterocycles. The summed E-state index contributed by atoms with van der Waals surface area (Å²) in [5.41, 5.74) is 1.80. The number of nitrogens with zero attached hydrogens (tertiary/aromatic N) is 1. The molecule has 0 aliphatic carbocycles. The van der Waals surface area contributed by atoms with Crippen molar-refractivity contribution in [3.63, 3.8) is 0 Å². The molecule has 0 bridgehead atoms. The van der Waals surface area contributed by atoms with Crippen LogP contribution in [0.3, 0.4) is 0 Å². The van der Waals surface area contributed by atoms with Crippen LogP contribution in [-0.2, 0) is 10.0 Å². The van der Waals surface area contributed by atoms with Gasteiger partial charge in [0.2, 0.25) is 10.0 Å². The van der Waals surface area contributed by atoms with Crippen LogP contribution in [0, 0.1) is 10.5 Å². The van der Waals surface area contributed by atoms with E-state index in [-0.39, 0.29) is 10.8 Å². The lowest BCUT2D eigenvalue weighted by atomic mass is 10.1. The third-order valence-electron chi connectivity index (χ3n) is 4.76. The van der Waals surface area contributed by atoms with Crippen LogP contribution in [0.2, 0.25) is 0 Å². The van der Waals surface area contributed by atoms with Crippen molar-refractivity contribution >= 4 is 44.2 Å². The Labute approximate surface area is 174 Å². The number of hydrogen-bond donors (Lipinski definition) is 1. The van der Waals surface area contributed by atoms with Gasteiger partial charge in [0.25, 0.3) is 5.91 Å². The van der Waals surface area contributed by atoms with Crippen LogP contribution in [0.15, 0.2) is 47.4 Å². The zero-order valence-corrected chi connectivity index (χ0v) is 18.2. The largest absolute Gasteiger partial charge is 0.322 e. The SMILES string of the molecule is Cc1ccc(S(=O)(=O)N2CCCCCC2)cc1C(=O)Nc1ccc(I)cc1. The lowest BCUT2D eigenvalue weighted by Crippen LogP contribution is -2.32. The molecule has 1 amide bonds. The van der Waals surface area contributed by atoms with Gasteiger partial charge in [0.15, 0.2) is 0 Å². The number of carbonyl (C=O) groups is 1. The summed E-state index contributed by atoms with van der Waals surface area (Å²) in [6.45, 7) is 2.89. The lowest BCUT2D eigenvalue weighted by Gasteiger charge is -2.20. The van der Waals surface area contributed by atoms with Gasteiger partial charge in [-0.3, -0.25) is 4.79 Å². The zero-order valence-electron chi connectivity index (χ0n) is 15.2. The van der Waals surface area contributed by atoms with E-state index >= 15 is 0 Å². The fraction of sp³-hybridized carbons (Fsp3) is 0.350. The number of nitrogens with one attached hydrogen (secondary N) is 1. The number of benzene rings is 2. The molecule has 1 saturated heterocycles. The number of anilines is 1. The van der Waals surface area contributed by atoms with E-state index in [2.05, 4.69) is 27.9 Å². The normalized spacial score (nSPS) is 15.9. The Kier molecular flexibility index (Phi) is 6.54. The van der Waals surface area contributed by atoms with Crippen molar-refractivity contribution in [3.05, 3.63) is 57.2 Å². The third-order valence-corrected chi connectivity index (χ3v) is 7.37. The van der Waals surface area contributed by atoms with Gasteiger partial charge in [0.05, 0.1) is 4.90 Å². The lowest BCUT2D eigenvalue weighted by molar-refractivity contribution is 0.102. The van der Waals surface area contributed by atoms with Gasteiger partial charge in [0, 0.05) is 27.9 Å². The van der Waals surface area contributed by atoms with Crippen molar-refractivity contribution in [2.45, 2.75) is 37.5 Å². The Hall–Kier alpha value is -1.45. The zero-order chi connectivity index (χ0) is 19.4. The molecule has 7 heteroatoms. The van der Waals surface area contributed by atoms with Gasteiger partial charge in [0.1, 0.15) is 0 Å². The summed E-state index contributed by atoms with van der Waals surface area (Å²) >= 11 is 2.20. The number of aryl methyl sites for hydroxylation is 1. The van der Waals surface area contributed by atoms with Gasteiger partial charge >= 0.3 is 0 Å². The molecule has 1 heterocycles. The van der Waals surface area contributed by atoms with Crippen LogP contribution in [0.5, 0.6) is 0 Å². The highest BCUT2D eigenvalue weighted by Crippen LogP contribution is 2.23. The standard InChI is InChI=1S/C20H23IN2O3S/c1-15-6-11-18(27(25,26)23-12-4-2-3-5-13-23)14-19(15)20(24)22-17-9-7-16(21)8-10-17/h6-11,14H,2-5,12-13H2,1H3,(H,22,24). The molecule has 144 valence electrons. The summed E-state index contributed by atoms with van der Waals surface area (Å²) in [5.74, 6) is -0.304. The van der Waals surface area contributed by atoms with Gasteiger partial charge in [-0.1, -0.05) is 18.9 Å². The van der Waals surface area contributed by atoms with E-state index in [1.165, 1.54) is 6.07 Å². The molecule has 0 unspecified atom stereocenters. The van der Waals surface area contributed by atoms with E-state index in [1.54, 1.807) is 16.4 Å². The third kappa shape index (κ3) is 4.89. The molecular formula is C20H23IN2O3S. The number of amides is 1. The van der Waals surface area contributed by atoms with Gasteiger partial charge in [-0.15, -0.1) is 0 Å². The van der Waals surface area contributed by atoms with Crippen LogP contribution < -0.4 is 5.32 Å². The molecule has 0 spiro atoms. The average Bonchev–Trinajstić information content (AvgIpc) is 2.94. The van der Waals surface area contributed by atoms with Crippen molar-refractivity contribution < 1.29 is 13.2 Å². The van der Waals surface area contributed by atoms with Crippen molar-refractivity contribution in [1.82, 2.24) is 4.31 Å². The number of carbonyl (C=O) groups excluding carboxylic acids is 1. The van der Waals surface area contributed by atoms with Crippen LogP contribution in [-0.4, -0.2) is 31.7 Å². The Morgan fingerprint density at radius 3 is 2.26 bits per heavy atom. The maximum absolute atomic E-state index is 13.0. The molecule has 1 fully saturated rings. The first kappa shape index (κ1) is 20.3. The van der Waals surface area contributed by atoms with Gasteiger partial charge in [-0.25, -0.2) is 8.42 Å². The van der Waals surface area contributed by atoms with Gasteiger partial charge in [-0.2, -0.15) is 4.31 Å². The summed E-state index contributed by atoms with van der Waals surface area (Å²) in [4.78, 5) is 12.9. The first-order valence-corrected chi connectivity index (χ1v) is 11.6. The molecule has 1 aliphatic rings. The molecule has 5 nitrogen and oxygen atoms in total.